The number of carbonyl (C=O) groups excluding carboxylic acids is 1. The number of hydrogen-bond donors (Lipinski definition) is 0. The lowest BCUT2D eigenvalue weighted by Gasteiger charge is -1.99. The van der Waals surface area contributed by atoms with Crippen molar-refractivity contribution in [3.05, 3.63) is 77.0 Å². The van der Waals surface area contributed by atoms with E-state index < -0.39 is 0 Å². The fourth-order valence-electron chi connectivity index (χ4n) is 2.28. The molecule has 3 heteroatoms. The molecule has 0 aliphatic carbocycles. The summed E-state index contributed by atoms with van der Waals surface area (Å²) in [5.41, 5.74) is 3.71. The molecular weight excluding hydrogens is 274 g/mol. The molecule has 1 heterocycles. The Morgan fingerprint density at radius 1 is 1.00 bits per heavy atom. The van der Waals surface area contributed by atoms with Gasteiger partial charge in [0.15, 0.2) is 11.6 Å². The van der Waals surface area contributed by atoms with Gasteiger partial charge in [-0.2, -0.15) is 0 Å². The summed E-state index contributed by atoms with van der Waals surface area (Å²) in [6.45, 7) is 2.03. The van der Waals surface area contributed by atoms with Gasteiger partial charge in [0, 0.05) is 6.42 Å². The first-order valence-electron chi connectivity index (χ1n) is 7.33. The van der Waals surface area contributed by atoms with Gasteiger partial charge in [0.1, 0.15) is 0 Å². The lowest BCUT2D eigenvalue weighted by Crippen LogP contribution is -2.05. The van der Waals surface area contributed by atoms with Crippen LogP contribution in [-0.2, 0) is 16.0 Å². The van der Waals surface area contributed by atoms with Gasteiger partial charge < -0.3 is 4.74 Å². The van der Waals surface area contributed by atoms with E-state index in [4.69, 9.17) is 4.74 Å². The number of benzene rings is 2. The van der Waals surface area contributed by atoms with Crippen LogP contribution in [0.1, 0.15) is 23.1 Å². The predicted octanol–water partition coefficient (Wildman–Crippen LogP) is 3.92. The lowest BCUT2D eigenvalue weighted by atomic mass is 10.1. The Hall–Kier alpha value is -2.68. The Bertz CT molecular complexity index is 728. The van der Waals surface area contributed by atoms with Gasteiger partial charge in [0.2, 0.25) is 0 Å². The van der Waals surface area contributed by atoms with Crippen LogP contribution in [-0.4, -0.2) is 11.9 Å². The second-order valence-corrected chi connectivity index (χ2v) is 5.32. The van der Waals surface area contributed by atoms with Crippen molar-refractivity contribution < 1.29 is 9.53 Å². The molecule has 1 aliphatic rings. The molecule has 0 atom stereocenters. The molecule has 0 spiro atoms. The zero-order chi connectivity index (χ0) is 15.4. The molecule has 110 valence electrons. The Morgan fingerprint density at radius 2 is 1.73 bits per heavy atom. The van der Waals surface area contributed by atoms with E-state index in [1.54, 1.807) is 6.08 Å². The Labute approximate surface area is 130 Å². The molecule has 0 unspecified atom stereocenters. The van der Waals surface area contributed by atoms with Crippen LogP contribution in [0.2, 0.25) is 0 Å². The zero-order valence-corrected chi connectivity index (χ0v) is 12.5. The van der Waals surface area contributed by atoms with Gasteiger partial charge in [-0.3, -0.25) is 0 Å². The molecule has 22 heavy (non-hydrogen) atoms. The van der Waals surface area contributed by atoms with Crippen LogP contribution in [0.4, 0.5) is 0 Å². The fraction of sp³-hybridized carbons (Fsp3) is 0.158. The number of hydrogen-bond acceptors (Lipinski definition) is 3. The van der Waals surface area contributed by atoms with Crippen molar-refractivity contribution in [3.63, 3.8) is 0 Å². The van der Waals surface area contributed by atoms with Crippen molar-refractivity contribution in [2.24, 2.45) is 4.99 Å². The number of nitrogens with zero attached hydrogens (tertiary/aromatic N) is 1. The van der Waals surface area contributed by atoms with Crippen LogP contribution in [0.15, 0.2) is 65.3 Å². The lowest BCUT2D eigenvalue weighted by molar-refractivity contribution is -0.130. The number of aryl methyl sites for hydroxylation is 2. The van der Waals surface area contributed by atoms with E-state index >= 15 is 0 Å². The Kier molecular flexibility index (Phi) is 4.15. The van der Waals surface area contributed by atoms with Crippen molar-refractivity contribution in [3.8, 4) is 0 Å². The summed E-state index contributed by atoms with van der Waals surface area (Å²) in [7, 11) is 0. The van der Waals surface area contributed by atoms with E-state index in [1.165, 1.54) is 11.1 Å². The quantitative estimate of drug-likeness (QED) is 0.632. The monoisotopic (exact) mass is 291 g/mol. The summed E-state index contributed by atoms with van der Waals surface area (Å²) in [5, 5.41) is 0. The fourth-order valence-corrected chi connectivity index (χ4v) is 2.28. The van der Waals surface area contributed by atoms with Crippen molar-refractivity contribution in [1.82, 2.24) is 0 Å². The Morgan fingerprint density at radius 3 is 2.45 bits per heavy atom. The first kappa shape index (κ1) is 14.3. The summed E-state index contributed by atoms with van der Waals surface area (Å²) in [6.07, 6.45) is 3.20. The molecule has 2 aromatic rings. The normalized spacial score (nSPS) is 15.8. The highest BCUT2D eigenvalue weighted by Crippen LogP contribution is 2.18. The first-order chi connectivity index (χ1) is 10.7. The van der Waals surface area contributed by atoms with Crippen LogP contribution in [0.3, 0.4) is 0 Å². The highest BCUT2D eigenvalue weighted by molar-refractivity contribution is 6.07. The first-order valence-corrected chi connectivity index (χ1v) is 7.33. The molecule has 0 amide bonds. The molecule has 0 radical (unpaired) electrons. The minimum absolute atomic E-state index is 0.368. The Balaban J connectivity index is 1.70. The number of carbonyl (C=O) groups is 1. The second kappa shape index (κ2) is 6.39. The second-order valence-electron chi connectivity index (χ2n) is 5.32. The van der Waals surface area contributed by atoms with Gasteiger partial charge in [0.25, 0.3) is 0 Å². The van der Waals surface area contributed by atoms with Crippen LogP contribution in [0, 0.1) is 6.92 Å². The summed E-state index contributed by atoms with van der Waals surface area (Å²) in [5.74, 6) is 0.121. The van der Waals surface area contributed by atoms with Crippen LogP contribution in [0.5, 0.6) is 0 Å². The van der Waals surface area contributed by atoms with E-state index in [0.29, 0.717) is 18.0 Å². The van der Waals surface area contributed by atoms with Gasteiger partial charge in [0.05, 0.1) is 0 Å². The van der Waals surface area contributed by atoms with E-state index in [1.807, 2.05) is 49.4 Å². The average molecular weight is 291 g/mol. The van der Waals surface area contributed by atoms with E-state index in [-0.39, 0.29) is 5.97 Å². The SMILES string of the molecule is Cc1ccc(/C=C2/N=C(CCc3ccccc3)OC2=O)cc1. The summed E-state index contributed by atoms with van der Waals surface area (Å²) in [6, 6.07) is 18.0. The number of esters is 1. The summed E-state index contributed by atoms with van der Waals surface area (Å²) in [4.78, 5) is 16.2. The largest absolute Gasteiger partial charge is 0.407 e. The van der Waals surface area contributed by atoms with Gasteiger partial charge in [-0.15, -0.1) is 0 Å². The molecule has 3 nitrogen and oxygen atoms in total. The van der Waals surface area contributed by atoms with E-state index in [0.717, 1.165) is 12.0 Å². The standard InChI is InChI=1S/C19H17NO2/c1-14-7-9-16(10-8-14)13-17-19(21)22-18(20-17)12-11-15-5-3-2-4-6-15/h2-10,13H,11-12H2,1H3/b17-13+. The molecule has 0 N–H and O–H groups in total. The number of ether oxygens (including phenoxy) is 1. The van der Waals surface area contributed by atoms with Crippen molar-refractivity contribution in [2.45, 2.75) is 19.8 Å². The maximum absolute atomic E-state index is 11.9. The summed E-state index contributed by atoms with van der Waals surface area (Å²) >= 11 is 0. The van der Waals surface area contributed by atoms with E-state index in [2.05, 4.69) is 17.1 Å². The topological polar surface area (TPSA) is 38.7 Å². The van der Waals surface area contributed by atoms with Crippen LogP contribution < -0.4 is 0 Å². The van der Waals surface area contributed by atoms with Crippen LogP contribution in [0.25, 0.3) is 6.08 Å². The number of aliphatic imine (C=N–C) groups is 1. The van der Waals surface area contributed by atoms with Gasteiger partial charge in [-0.05, 0) is 30.5 Å². The average Bonchev–Trinajstić information content (AvgIpc) is 2.89. The predicted molar refractivity (Wildman–Crippen MR) is 87.4 cm³/mol. The third-order valence-corrected chi connectivity index (χ3v) is 3.52. The molecule has 3 rings (SSSR count). The maximum atomic E-state index is 11.9. The van der Waals surface area contributed by atoms with Gasteiger partial charge in [-0.1, -0.05) is 60.2 Å². The highest BCUT2D eigenvalue weighted by Gasteiger charge is 2.22. The van der Waals surface area contributed by atoms with Crippen molar-refractivity contribution >= 4 is 17.9 Å². The molecular formula is C19H17NO2. The molecule has 2 aromatic carbocycles. The van der Waals surface area contributed by atoms with Crippen molar-refractivity contribution in [2.75, 3.05) is 0 Å². The summed E-state index contributed by atoms with van der Waals surface area (Å²) < 4.78 is 5.23. The maximum Gasteiger partial charge on any atom is 0.363 e. The van der Waals surface area contributed by atoms with Crippen LogP contribution >= 0.6 is 0 Å². The smallest absolute Gasteiger partial charge is 0.363 e. The third-order valence-electron chi connectivity index (χ3n) is 3.52. The van der Waals surface area contributed by atoms with Gasteiger partial charge in [-0.25, -0.2) is 9.79 Å². The van der Waals surface area contributed by atoms with E-state index in [9.17, 15) is 4.79 Å². The molecule has 0 bridgehead atoms. The molecule has 0 aromatic heterocycles. The molecule has 0 saturated carbocycles. The molecule has 1 aliphatic heterocycles. The van der Waals surface area contributed by atoms with Gasteiger partial charge >= 0.3 is 5.97 Å². The zero-order valence-electron chi connectivity index (χ0n) is 12.5. The molecule has 0 saturated heterocycles. The number of rotatable bonds is 4. The number of cyclic esters (lactones) is 1. The van der Waals surface area contributed by atoms with Crippen molar-refractivity contribution in [1.29, 1.82) is 0 Å². The minimum atomic E-state index is -0.372. The molecule has 0 fully saturated rings. The minimum Gasteiger partial charge on any atom is -0.407 e. The highest BCUT2D eigenvalue weighted by atomic mass is 16.6. The third kappa shape index (κ3) is 3.50.